The molecule has 0 aromatic heterocycles. The lowest BCUT2D eigenvalue weighted by molar-refractivity contribution is 0.238. The zero-order valence-corrected chi connectivity index (χ0v) is 12.3. The molecule has 0 fully saturated rings. The average molecular weight is 249 g/mol. The summed E-state index contributed by atoms with van der Waals surface area (Å²) in [7, 11) is 0. The lowest BCUT2D eigenvalue weighted by Gasteiger charge is -2.18. The number of hydrogen-bond acceptors (Lipinski definition) is 2. The highest BCUT2D eigenvalue weighted by Gasteiger charge is 2.09. The Bertz CT molecular complexity index is 346. The third-order valence-electron chi connectivity index (χ3n) is 3.57. The highest BCUT2D eigenvalue weighted by atomic mass is 16.5. The van der Waals surface area contributed by atoms with E-state index in [1.807, 2.05) is 0 Å². The Morgan fingerprint density at radius 1 is 1.11 bits per heavy atom. The van der Waals surface area contributed by atoms with Gasteiger partial charge in [0.15, 0.2) is 0 Å². The Hall–Kier alpha value is -1.02. The van der Waals surface area contributed by atoms with E-state index in [9.17, 15) is 0 Å². The fraction of sp³-hybridized carbons (Fsp3) is 0.625. The molecule has 0 aliphatic carbocycles. The van der Waals surface area contributed by atoms with Crippen LogP contribution in [-0.4, -0.2) is 13.2 Å². The lowest BCUT2D eigenvalue weighted by Crippen LogP contribution is -2.12. The molecule has 1 rings (SSSR count). The van der Waals surface area contributed by atoms with Crippen LogP contribution in [0.15, 0.2) is 12.1 Å². The van der Waals surface area contributed by atoms with Crippen LogP contribution in [0, 0.1) is 19.8 Å². The molecule has 0 aliphatic rings. The molecule has 0 radical (unpaired) electrons. The second kappa shape index (κ2) is 7.42. The molecule has 2 N–H and O–H groups in total. The van der Waals surface area contributed by atoms with E-state index in [2.05, 4.69) is 39.8 Å². The second-order valence-corrected chi connectivity index (χ2v) is 5.09. The van der Waals surface area contributed by atoms with Crippen LogP contribution in [0.25, 0.3) is 0 Å². The molecule has 1 aromatic carbocycles. The topological polar surface area (TPSA) is 35.2 Å². The summed E-state index contributed by atoms with van der Waals surface area (Å²) in [6, 6.07) is 4.39. The molecule has 0 aliphatic heterocycles. The summed E-state index contributed by atoms with van der Waals surface area (Å²) in [6.45, 7) is 10.2. The SMILES string of the molecule is CCC(CC)COc1c(C)cc(CCN)cc1C. The maximum atomic E-state index is 6.01. The van der Waals surface area contributed by atoms with Crippen LogP contribution >= 0.6 is 0 Å². The molecule has 0 saturated carbocycles. The molecule has 0 bridgehead atoms. The van der Waals surface area contributed by atoms with Crippen molar-refractivity contribution in [2.24, 2.45) is 11.7 Å². The fourth-order valence-corrected chi connectivity index (χ4v) is 2.30. The molecule has 0 saturated heterocycles. The minimum atomic E-state index is 0.660. The predicted octanol–water partition coefficient (Wildman–Crippen LogP) is 3.62. The average Bonchev–Trinajstić information content (AvgIpc) is 2.33. The van der Waals surface area contributed by atoms with Crippen LogP contribution in [0.3, 0.4) is 0 Å². The number of benzene rings is 1. The van der Waals surface area contributed by atoms with Gasteiger partial charge in [0.1, 0.15) is 5.75 Å². The molecule has 1 aromatic rings. The van der Waals surface area contributed by atoms with Crippen LogP contribution in [0.2, 0.25) is 0 Å². The minimum Gasteiger partial charge on any atom is -0.493 e. The van der Waals surface area contributed by atoms with E-state index in [4.69, 9.17) is 10.5 Å². The summed E-state index contributed by atoms with van der Waals surface area (Å²) in [6.07, 6.45) is 3.30. The van der Waals surface area contributed by atoms with Gasteiger partial charge in [-0.05, 0) is 49.4 Å². The zero-order valence-electron chi connectivity index (χ0n) is 12.3. The first-order valence-corrected chi connectivity index (χ1v) is 7.05. The molecule has 18 heavy (non-hydrogen) atoms. The first-order valence-electron chi connectivity index (χ1n) is 7.05. The van der Waals surface area contributed by atoms with Gasteiger partial charge in [-0.25, -0.2) is 0 Å². The lowest BCUT2D eigenvalue weighted by atomic mass is 10.0. The first-order chi connectivity index (χ1) is 8.62. The summed E-state index contributed by atoms with van der Waals surface area (Å²) >= 11 is 0. The summed E-state index contributed by atoms with van der Waals surface area (Å²) < 4.78 is 6.01. The van der Waals surface area contributed by atoms with Gasteiger partial charge in [0.25, 0.3) is 0 Å². The van der Waals surface area contributed by atoms with Crippen molar-refractivity contribution in [2.45, 2.75) is 47.0 Å². The van der Waals surface area contributed by atoms with Crippen molar-refractivity contribution in [3.05, 3.63) is 28.8 Å². The van der Waals surface area contributed by atoms with Gasteiger partial charge in [-0.3, -0.25) is 0 Å². The quantitative estimate of drug-likeness (QED) is 0.801. The third-order valence-corrected chi connectivity index (χ3v) is 3.57. The van der Waals surface area contributed by atoms with E-state index in [1.54, 1.807) is 0 Å². The summed E-state index contributed by atoms with van der Waals surface area (Å²) in [5.74, 6) is 1.72. The van der Waals surface area contributed by atoms with E-state index in [1.165, 1.54) is 29.5 Å². The number of aryl methyl sites for hydroxylation is 2. The minimum absolute atomic E-state index is 0.660. The maximum Gasteiger partial charge on any atom is 0.125 e. The number of ether oxygens (including phenoxy) is 1. The Morgan fingerprint density at radius 3 is 2.11 bits per heavy atom. The van der Waals surface area contributed by atoms with E-state index < -0.39 is 0 Å². The highest BCUT2D eigenvalue weighted by molar-refractivity contribution is 5.43. The molecule has 0 amide bonds. The fourth-order valence-electron chi connectivity index (χ4n) is 2.30. The standard InChI is InChI=1S/C16H27NO/c1-5-14(6-2)11-18-16-12(3)9-15(7-8-17)10-13(16)4/h9-10,14H,5-8,11,17H2,1-4H3. The number of hydrogen-bond donors (Lipinski definition) is 1. The third kappa shape index (κ3) is 4.02. The Balaban J connectivity index is 2.77. The van der Waals surface area contributed by atoms with Gasteiger partial charge in [-0.15, -0.1) is 0 Å². The maximum absolute atomic E-state index is 6.01. The molecule has 0 heterocycles. The summed E-state index contributed by atoms with van der Waals surface area (Å²) in [5.41, 5.74) is 9.36. The van der Waals surface area contributed by atoms with Crippen molar-refractivity contribution in [3.8, 4) is 5.75 Å². The van der Waals surface area contributed by atoms with Crippen molar-refractivity contribution in [1.82, 2.24) is 0 Å². The van der Waals surface area contributed by atoms with Gasteiger partial charge in [0.2, 0.25) is 0 Å². The molecule has 2 heteroatoms. The van der Waals surface area contributed by atoms with Gasteiger partial charge >= 0.3 is 0 Å². The summed E-state index contributed by atoms with van der Waals surface area (Å²) in [4.78, 5) is 0. The molecule has 0 spiro atoms. The smallest absolute Gasteiger partial charge is 0.125 e. The van der Waals surface area contributed by atoms with Crippen LogP contribution < -0.4 is 10.5 Å². The van der Waals surface area contributed by atoms with Crippen molar-refractivity contribution < 1.29 is 4.74 Å². The molecular formula is C16H27NO. The van der Waals surface area contributed by atoms with E-state index in [0.29, 0.717) is 12.5 Å². The largest absolute Gasteiger partial charge is 0.493 e. The number of nitrogens with two attached hydrogens (primary N) is 1. The van der Waals surface area contributed by atoms with Crippen molar-refractivity contribution in [3.63, 3.8) is 0 Å². The van der Waals surface area contributed by atoms with Crippen molar-refractivity contribution >= 4 is 0 Å². The Morgan fingerprint density at radius 2 is 1.67 bits per heavy atom. The van der Waals surface area contributed by atoms with Crippen molar-refractivity contribution in [2.75, 3.05) is 13.2 Å². The molecule has 102 valence electrons. The van der Waals surface area contributed by atoms with Crippen LogP contribution in [0.5, 0.6) is 5.75 Å². The van der Waals surface area contributed by atoms with Gasteiger partial charge in [0.05, 0.1) is 6.61 Å². The Kier molecular flexibility index (Phi) is 6.20. The highest BCUT2D eigenvalue weighted by Crippen LogP contribution is 2.26. The Labute approximate surface area is 112 Å². The van der Waals surface area contributed by atoms with Gasteiger partial charge < -0.3 is 10.5 Å². The van der Waals surface area contributed by atoms with E-state index in [-0.39, 0.29) is 0 Å². The van der Waals surface area contributed by atoms with Gasteiger partial charge in [0, 0.05) is 0 Å². The van der Waals surface area contributed by atoms with Gasteiger partial charge in [-0.1, -0.05) is 38.8 Å². The predicted molar refractivity (Wildman–Crippen MR) is 78.2 cm³/mol. The monoisotopic (exact) mass is 249 g/mol. The van der Waals surface area contributed by atoms with Crippen LogP contribution in [-0.2, 0) is 6.42 Å². The zero-order chi connectivity index (χ0) is 13.5. The van der Waals surface area contributed by atoms with Crippen molar-refractivity contribution in [1.29, 1.82) is 0 Å². The second-order valence-electron chi connectivity index (χ2n) is 5.09. The molecule has 2 nitrogen and oxygen atoms in total. The van der Waals surface area contributed by atoms with Crippen LogP contribution in [0.4, 0.5) is 0 Å². The number of rotatable bonds is 7. The molecular weight excluding hydrogens is 222 g/mol. The van der Waals surface area contributed by atoms with E-state index in [0.717, 1.165) is 18.8 Å². The summed E-state index contributed by atoms with van der Waals surface area (Å²) in [5, 5.41) is 0. The van der Waals surface area contributed by atoms with E-state index >= 15 is 0 Å². The van der Waals surface area contributed by atoms with Crippen LogP contribution in [0.1, 0.15) is 43.4 Å². The molecule has 0 atom stereocenters. The normalized spacial score (nSPS) is 11.0. The van der Waals surface area contributed by atoms with Gasteiger partial charge in [-0.2, -0.15) is 0 Å². The molecule has 0 unspecified atom stereocenters. The first kappa shape index (κ1) is 15.0.